The topological polar surface area (TPSA) is 60.0 Å². The summed E-state index contributed by atoms with van der Waals surface area (Å²) in [5, 5.41) is 3.45. The Balaban J connectivity index is 1.70. The molecule has 6 heteroatoms. The van der Waals surface area contributed by atoms with E-state index < -0.39 is 11.4 Å². The number of likely N-dealkylation sites (tertiary alicyclic amines) is 1. The first-order valence-corrected chi connectivity index (χ1v) is 7.68. The van der Waals surface area contributed by atoms with Crippen LogP contribution in [0.4, 0.5) is 4.79 Å². The minimum absolute atomic E-state index is 0.0792. The van der Waals surface area contributed by atoms with Crippen molar-refractivity contribution in [3.05, 3.63) is 0 Å². The summed E-state index contributed by atoms with van der Waals surface area (Å²) in [6.07, 6.45) is 0.792. The highest BCUT2D eigenvalue weighted by Crippen LogP contribution is 2.22. The normalized spacial score (nSPS) is 28.9. The Morgan fingerprint density at radius 2 is 2.14 bits per heavy atom. The van der Waals surface area contributed by atoms with Crippen molar-refractivity contribution in [3.8, 4) is 0 Å². The summed E-state index contributed by atoms with van der Waals surface area (Å²) in [5.74, 6) is -0.482. The molecule has 0 bridgehead atoms. The number of hydrogen-bond acceptors (Lipinski definition) is 5. The number of hydrogen-bond donors (Lipinski definition) is 1. The Labute approximate surface area is 127 Å². The number of nitrogens with zero attached hydrogens (tertiary/aromatic N) is 1. The molecule has 0 spiro atoms. The molecule has 2 aliphatic rings. The second kappa shape index (κ2) is 6.10. The summed E-state index contributed by atoms with van der Waals surface area (Å²) in [6.45, 7) is 12.3. The lowest BCUT2D eigenvalue weighted by atomic mass is 10.2. The molecule has 0 aromatic heterocycles. The smallest absolute Gasteiger partial charge is 0.410 e. The number of carbonyl (C=O) groups is 1. The minimum atomic E-state index is -0.482. The van der Waals surface area contributed by atoms with Crippen LogP contribution < -0.4 is 5.32 Å². The summed E-state index contributed by atoms with van der Waals surface area (Å²) in [6, 6.07) is 0.296. The molecule has 21 heavy (non-hydrogen) atoms. The molecule has 2 heterocycles. The zero-order valence-corrected chi connectivity index (χ0v) is 13.8. The molecule has 2 aliphatic heterocycles. The van der Waals surface area contributed by atoms with Gasteiger partial charge >= 0.3 is 6.09 Å². The van der Waals surface area contributed by atoms with Gasteiger partial charge in [-0.15, -0.1) is 0 Å². The van der Waals surface area contributed by atoms with Crippen LogP contribution in [0.25, 0.3) is 0 Å². The van der Waals surface area contributed by atoms with E-state index in [9.17, 15) is 4.79 Å². The van der Waals surface area contributed by atoms with E-state index in [2.05, 4.69) is 5.32 Å². The van der Waals surface area contributed by atoms with Crippen molar-refractivity contribution < 1.29 is 19.0 Å². The van der Waals surface area contributed by atoms with E-state index in [1.165, 1.54) is 0 Å². The van der Waals surface area contributed by atoms with Crippen molar-refractivity contribution >= 4 is 6.09 Å². The molecule has 0 aromatic carbocycles. The Kier molecular flexibility index (Phi) is 4.80. The molecule has 2 fully saturated rings. The largest absolute Gasteiger partial charge is 0.444 e. The zero-order valence-electron chi connectivity index (χ0n) is 13.8. The van der Waals surface area contributed by atoms with Crippen LogP contribution in [0.1, 0.15) is 41.0 Å². The third kappa shape index (κ3) is 5.13. The summed E-state index contributed by atoms with van der Waals surface area (Å²) in [5.41, 5.74) is -0.441. The number of ether oxygens (including phenoxy) is 3. The van der Waals surface area contributed by atoms with Crippen LogP contribution in [0.5, 0.6) is 0 Å². The van der Waals surface area contributed by atoms with E-state index in [1.54, 1.807) is 4.90 Å². The average molecular weight is 300 g/mol. The Morgan fingerprint density at radius 3 is 2.71 bits per heavy atom. The molecule has 122 valence electrons. The van der Waals surface area contributed by atoms with Crippen LogP contribution >= 0.6 is 0 Å². The molecular weight excluding hydrogens is 272 g/mol. The highest BCUT2D eigenvalue weighted by Gasteiger charge is 2.34. The first kappa shape index (κ1) is 16.5. The molecule has 0 radical (unpaired) electrons. The third-order valence-electron chi connectivity index (χ3n) is 3.54. The Bertz CT molecular complexity index is 378. The van der Waals surface area contributed by atoms with Gasteiger partial charge in [-0.1, -0.05) is 0 Å². The number of amides is 1. The number of rotatable bonds is 3. The summed E-state index contributed by atoms with van der Waals surface area (Å²) in [7, 11) is 0. The minimum Gasteiger partial charge on any atom is -0.444 e. The van der Waals surface area contributed by atoms with Gasteiger partial charge < -0.3 is 24.4 Å². The van der Waals surface area contributed by atoms with Crippen molar-refractivity contribution in [2.75, 3.05) is 26.2 Å². The van der Waals surface area contributed by atoms with Crippen molar-refractivity contribution in [1.29, 1.82) is 0 Å². The molecular formula is C15H28N2O4. The fraction of sp³-hybridized carbons (Fsp3) is 0.933. The number of nitrogens with one attached hydrogen (secondary N) is 1. The predicted molar refractivity (Wildman–Crippen MR) is 79.1 cm³/mol. The lowest BCUT2D eigenvalue weighted by Gasteiger charge is -2.24. The third-order valence-corrected chi connectivity index (χ3v) is 3.54. The second-order valence-corrected chi connectivity index (χ2v) is 7.27. The van der Waals surface area contributed by atoms with Crippen molar-refractivity contribution in [1.82, 2.24) is 10.2 Å². The molecule has 6 nitrogen and oxygen atoms in total. The molecule has 2 saturated heterocycles. The van der Waals surface area contributed by atoms with E-state index in [-0.39, 0.29) is 12.2 Å². The maximum atomic E-state index is 12.0. The maximum Gasteiger partial charge on any atom is 0.410 e. The molecule has 2 rings (SSSR count). The SMILES string of the molecule is CC(C)(C)OC(=O)N1CCC(NCC2COC(C)(C)O2)C1. The van der Waals surface area contributed by atoms with E-state index in [0.717, 1.165) is 19.5 Å². The van der Waals surface area contributed by atoms with Gasteiger partial charge in [0.25, 0.3) is 0 Å². The van der Waals surface area contributed by atoms with E-state index in [0.29, 0.717) is 19.2 Å². The van der Waals surface area contributed by atoms with E-state index >= 15 is 0 Å². The number of carbonyl (C=O) groups excluding carboxylic acids is 1. The fourth-order valence-corrected chi connectivity index (χ4v) is 2.58. The molecule has 1 amide bonds. The van der Waals surface area contributed by atoms with Gasteiger partial charge in [0.1, 0.15) is 5.60 Å². The predicted octanol–water partition coefficient (Wildman–Crippen LogP) is 1.74. The van der Waals surface area contributed by atoms with Crippen LogP contribution in [-0.2, 0) is 14.2 Å². The molecule has 1 N–H and O–H groups in total. The molecule has 2 unspecified atom stereocenters. The van der Waals surface area contributed by atoms with Gasteiger partial charge in [-0.3, -0.25) is 0 Å². The van der Waals surface area contributed by atoms with Gasteiger partial charge in [0, 0.05) is 25.7 Å². The molecule has 0 aliphatic carbocycles. The summed E-state index contributed by atoms with van der Waals surface area (Å²) >= 11 is 0. The van der Waals surface area contributed by atoms with Gasteiger partial charge in [0.15, 0.2) is 5.79 Å². The van der Waals surface area contributed by atoms with Crippen molar-refractivity contribution in [2.45, 2.75) is 64.6 Å². The first-order chi connectivity index (χ1) is 9.65. The monoisotopic (exact) mass is 300 g/mol. The Morgan fingerprint density at radius 1 is 1.43 bits per heavy atom. The van der Waals surface area contributed by atoms with Crippen molar-refractivity contribution in [2.24, 2.45) is 0 Å². The average Bonchev–Trinajstić information content (AvgIpc) is 2.91. The van der Waals surface area contributed by atoms with Gasteiger partial charge in [0.05, 0.1) is 12.7 Å². The van der Waals surface area contributed by atoms with Crippen LogP contribution in [0.2, 0.25) is 0 Å². The highest BCUT2D eigenvalue weighted by atomic mass is 16.7. The van der Waals surface area contributed by atoms with Gasteiger partial charge in [-0.2, -0.15) is 0 Å². The lowest BCUT2D eigenvalue weighted by Crippen LogP contribution is -2.41. The van der Waals surface area contributed by atoms with E-state index in [4.69, 9.17) is 14.2 Å². The summed E-state index contributed by atoms with van der Waals surface area (Å²) < 4.78 is 16.7. The van der Waals surface area contributed by atoms with E-state index in [1.807, 2.05) is 34.6 Å². The zero-order chi connectivity index (χ0) is 15.7. The van der Waals surface area contributed by atoms with Gasteiger partial charge in [0.2, 0.25) is 0 Å². The lowest BCUT2D eigenvalue weighted by molar-refractivity contribution is -0.137. The molecule has 2 atom stereocenters. The fourth-order valence-electron chi connectivity index (χ4n) is 2.58. The van der Waals surface area contributed by atoms with Crippen molar-refractivity contribution in [3.63, 3.8) is 0 Å². The molecule has 0 saturated carbocycles. The molecule has 0 aromatic rings. The summed E-state index contributed by atoms with van der Waals surface area (Å²) in [4.78, 5) is 13.7. The first-order valence-electron chi connectivity index (χ1n) is 7.68. The quantitative estimate of drug-likeness (QED) is 0.860. The van der Waals surface area contributed by atoms with Gasteiger partial charge in [-0.25, -0.2) is 4.79 Å². The standard InChI is InChI=1S/C15H28N2O4/c1-14(2,3)21-13(18)17-7-6-11(9-17)16-8-12-10-19-15(4,5)20-12/h11-12,16H,6-10H2,1-5H3. The highest BCUT2D eigenvalue weighted by molar-refractivity contribution is 5.68. The maximum absolute atomic E-state index is 12.0. The second-order valence-electron chi connectivity index (χ2n) is 7.27. The van der Waals surface area contributed by atoms with Crippen LogP contribution in [-0.4, -0.2) is 60.8 Å². The van der Waals surface area contributed by atoms with Crippen LogP contribution in [0, 0.1) is 0 Å². The van der Waals surface area contributed by atoms with Crippen LogP contribution in [0.15, 0.2) is 0 Å². The van der Waals surface area contributed by atoms with Crippen LogP contribution in [0.3, 0.4) is 0 Å². The Hall–Kier alpha value is -0.850. The van der Waals surface area contributed by atoms with Gasteiger partial charge in [-0.05, 0) is 41.0 Å².